The van der Waals surface area contributed by atoms with Gasteiger partial charge in [-0.2, -0.15) is 0 Å². The highest BCUT2D eigenvalue weighted by molar-refractivity contribution is 5.93. The molecule has 202 valence electrons. The van der Waals surface area contributed by atoms with Crippen molar-refractivity contribution >= 4 is 18.0 Å². The Kier molecular flexibility index (Phi) is 10.6. The number of carbonyl (C=O) groups is 3. The first-order chi connectivity index (χ1) is 17.0. The molecular weight excluding hydrogens is 458 g/mol. The van der Waals surface area contributed by atoms with Gasteiger partial charge in [0.2, 0.25) is 5.91 Å². The lowest BCUT2D eigenvalue weighted by Gasteiger charge is -2.34. The zero-order valence-corrected chi connectivity index (χ0v) is 22.6. The minimum absolute atomic E-state index is 0.143. The normalized spacial score (nSPS) is 23.8. The molecular formula is C28H45N3O5. The molecule has 4 atom stereocenters. The van der Waals surface area contributed by atoms with Crippen LogP contribution in [0.3, 0.4) is 0 Å². The van der Waals surface area contributed by atoms with Crippen molar-refractivity contribution in [1.82, 2.24) is 15.5 Å². The van der Waals surface area contributed by atoms with Crippen LogP contribution in [0.15, 0.2) is 37.6 Å². The van der Waals surface area contributed by atoms with Gasteiger partial charge in [-0.25, -0.2) is 9.59 Å². The molecule has 1 aliphatic carbocycles. The number of unbranched alkanes of at least 4 members (excludes halogenated alkanes) is 3. The van der Waals surface area contributed by atoms with Gasteiger partial charge in [0.25, 0.3) is 0 Å². The lowest BCUT2D eigenvalue weighted by Crippen LogP contribution is -2.53. The molecule has 2 rings (SSSR count). The molecule has 8 nitrogen and oxygen atoms in total. The summed E-state index contributed by atoms with van der Waals surface area (Å²) in [5.74, 6) is -0.792. The monoisotopic (exact) mass is 503 g/mol. The smallest absolute Gasteiger partial charge is 0.408 e. The summed E-state index contributed by atoms with van der Waals surface area (Å²) >= 11 is 0. The molecule has 36 heavy (non-hydrogen) atoms. The van der Waals surface area contributed by atoms with Gasteiger partial charge in [0, 0.05) is 18.2 Å². The summed E-state index contributed by atoms with van der Waals surface area (Å²) in [6.45, 7) is 20.0. The maximum Gasteiger partial charge on any atom is 0.408 e. The van der Waals surface area contributed by atoms with E-state index in [1.54, 1.807) is 13.0 Å². The van der Waals surface area contributed by atoms with Crippen molar-refractivity contribution in [3.05, 3.63) is 37.6 Å². The number of hydrogen-bond donors (Lipinski definition) is 2. The molecule has 1 heterocycles. The summed E-state index contributed by atoms with van der Waals surface area (Å²) in [4.78, 5) is 40.6. The van der Waals surface area contributed by atoms with E-state index in [1.165, 1.54) is 0 Å². The average Bonchev–Trinajstić information content (AvgIpc) is 3.29. The van der Waals surface area contributed by atoms with Gasteiger partial charge < -0.3 is 25.0 Å². The number of alkyl carbamates (subject to hydrolysis) is 1. The van der Waals surface area contributed by atoms with Crippen molar-refractivity contribution in [3.63, 3.8) is 0 Å². The fraction of sp³-hybridized carbons (Fsp3) is 0.679. The van der Waals surface area contributed by atoms with Gasteiger partial charge in [-0.3, -0.25) is 4.79 Å². The first kappa shape index (κ1) is 29.5. The Bertz CT molecular complexity index is 834. The third-order valence-corrected chi connectivity index (χ3v) is 6.70. The van der Waals surface area contributed by atoms with Crippen LogP contribution in [-0.4, -0.2) is 59.2 Å². The third kappa shape index (κ3) is 7.87. The number of esters is 1. The van der Waals surface area contributed by atoms with Crippen LogP contribution in [0.25, 0.3) is 0 Å². The van der Waals surface area contributed by atoms with E-state index in [-0.39, 0.29) is 24.5 Å². The number of likely N-dealkylation sites (tertiary alicyclic amines) is 1. The van der Waals surface area contributed by atoms with E-state index in [2.05, 4.69) is 30.4 Å². The van der Waals surface area contributed by atoms with E-state index >= 15 is 0 Å². The Labute approximate surface area is 216 Å². The predicted molar refractivity (Wildman–Crippen MR) is 141 cm³/mol. The number of rotatable bonds is 14. The van der Waals surface area contributed by atoms with Crippen molar-refractivity contribution in [3.8, 4) is 0 Å². The summed E-state index contributed by atoms with van der Waals surface area (Å²) in [6, 6.07) is -0.837. The van der Waals surface area contributed by atoms with Crippen molar-refractivity contribution in [2.24, 2.45) is 5.92 Å². The molecule has 0 aromatic carbocycles. The molecule has 0 bridgehead atoms. The third-order valence-electron chi connectivity index (χ3n) is 6.70. The summed E-state index contributed by atoms with van der Waals surface area (Å²) < 4.78 is 10.7. The fourth-order valence-electron chi connectivity index (χ4n) is 4.73. The van der Waals surface area contributed by atoms with Crippen LogP contribution in [0.2, 0.25) is 0 Å². The number of allylic oxidation sites excluding steroid dienone is 1. The second-order valence-electron chi connectivity index (χ2n) is 10.7. The van der Waals surface area contributed by atoms with Gasteiger partial charge in [0.15, 0.2) is 0 Å². The number of nitrogens with one attached hydrogen (secondary N) is 2. The average molecular weight is 504 g/mol. The van der Waals surface area contributed by atoms with Gasteiger partial charge in [0.05, 0.1) is 12.6 Å². The van der Waals surface area contributed by atoms with E-state index < -0.39 is 29.2 Å². The number of hydrogen-bond acceptors (Lipinski definition) is 6. The van der Waals surface area contributed by atoms with Gasteiger partial charge in [-0.15, -0.1) is 13.2 Å². The van der Waals surface area contributed by atoms with Crippen LogP contribution in [0, 0.1) is 5.92 Å². The van der Waals surface area contributed by atoms with E-state index in [1.807, 2.05) is 31.7 Å². The van der Waals surface area contributed by atoms with Gasteiger partial charge in [-0.05, 0) is 66.2 Å². The molecule has 0 radical (unpaired) electrons. The number of nitrogens with zero attached hydrogens (tertiary/aromatic N) is 1. The molecule has 0 aromatic rings. The second-order valence-corrected chi connectivity index (χ2v) is 10.7. The maximum absolute atomic E-state index is 13.4. The van der Waals surface area contributed by atoms with Crippen molar-refractivity contribution < 1.29 is 23.9 Å². The van der Waals surface area contributed by atoms with Crippen LogP contribution in [-0.2, 0) is 19.1 Å². The molecule has 0 aromatic heterocycles. The van der Waals surface area contributed by atoms with E-state index in [9.17, 15) is 14.4 Å². The number of ether oxygens (including phenoxy) is 2. The topological polar surface area (TPSA) is 97.0 Å². The Morgan fingerprint density at radius 3 is 2.50 bits per heavy atom. The van der Waals surface area contributed by atoms with Crippen LogP contribution in [0.1, 0.15) is 79.1 Å². The lowest BCUT2D eigenvalue weighted by atomic mass is 10.0. The Morgan fingerprint density at radius 2 is 1.92 bits per heavy atom. The summed E-state index contributed by atoms with van der Waals surface area (Å²) in [7, 11) is 0. The largest absolute Gasteiger partial charge is 0.464 e. The fourth-order valence-corrected chi connectivity index (χ4v) is 4.73. The quantitative estimate of drug-likeness (QED) is 0.204. The van der Waals surface area contributed by atoms with E-state index in [0.717, 1.165) is 32.1 Å². The van der Waals surface area contributed by atoms with Crippen LogP contribution >= 0.6 is 0 Å². The number of amides is 2. The first-order valence-corrected chi connectivity index (χ1v) is 13.2. The number of carbonyl (C=O) groups excluding carboxylic acids is 3. The molecule has 1 aliphatic heterocycles. The molecule has 2 amide bonds. The minimum Gasteiger partial charge on any atom is -0.464 e. The Balaban J connectivity index is 2.12. The molecule has 2 fully saturated rings. The molecule has 8 heteroatoms. The maximum atomic E-state index is 13.4. The van der Waals surface area contributed by atoms with Crippen molar-refractivity contribution in [2.75, 3.05) is 13.2 Å². The SMILES string of the molecule is C=CCCCCC[C@H](NC(=O)OC(C)(C)C)C(=C)N1CCC[C@H]1C(=O)N[C@]1(C(=O)OCC)C[C@H]1C=C. The first-order valence-electron chi connectivity index (χ1n) is 13.2. The predicted octanol–water partition coefficient (Wildman–Crippen LogP) is 4.62. The van der Waals surface area contributed by atoms with E-state index in [4.69, 9.17) is 9.47 Å². The molecule has 0 spiro atoms. The summed E-state index contributed by atoms with van der Waals surface area (Å²) in [6.07, 6.45) is 9.59. The van der Waals surface area contributed by atoms with Gasteiger partial charge in [0.1, 0.15) is 17.2 Å². The van der Waals surface area contributed by atoms with E-state index in [0.29, 0.717) is 31.5 Å². The van der Waals surface area contributed by atoms with Crippen molar-refractivity contribution in [1.29, 1.82) is 0 Å². The molecule has 2 aliphatic rings. The highest BCUT2D eigenvalue weighted by Gasteiger charge is 2.61. The molecule has 1 saturated heterocycles. The zero-order valence-electron chi connectivity index (χ0n) is 22.6. The minimum atomic E-state index is -1.04. The lowest BCUT2D eigenvalue weighted by molar-refractivity contribution is -0.149. The molecule has 1 saturated carbocycles. The Morgan fingerprint density at radius 1 is 1.19 bits per heavy atom. The Hall–Kier alpha value is -2.77. The highest BCUT2D eigenvalue weighted by atomic mass is 16.6. The summed E-state index contributed by atoms with van der Waals surface area (Å²) in [5.41, 5.74) is -0.976. The van der Waals surface area contributed by atoms with Crippen molar-refractivity contribution in [2.45, 2.75) is 102 Å². The van der Waals surface area contributed by atoms with Crippen LogP contribution < -0.4 is 10.6 Å². The summed E-state index contributed by atoms with van der Waals surface area (Å²) in [5, 5.41) is 5.94. The van der Waals surface area contributed by atoms with Crippen LogP contribution in [0.4, 0.5) is 4.79 Å². The highest BCUT2D eigenvalue weighted by Crippen LogP contribution is 2.45. The van der Waals surface area contributed by atoms with Crippen LogP contribution in [0.5, 0.6) is 0 Å². The molecule has 0 unspecified atom stereocenters. The standard InChI is InChI=1S/C28H45N3O5/c1-8-11-12-13-14-16-22(29-26(34)36-27(5,6)7)20(4)31-18-15-17-23(31)24(32)30-28(19-21(28)9-2)25(33)35-10-3/h8-9,21-23H,1-2,4,10-19H2,3,5-7H3,(H,29,34)(H,30,32)/t21-,22+,23+,28-/m1/s1. The second kappa shape index (κ2) is 13.0. The van der Waals surface area contributed by atoms with Gasteiger partial charge >= 0.3 is 12.1 Å². The van der Waals surface area contributed by atoms with Gasteiger partial charge in [-0.1, -0.05) is 31.6 Å². The zero-order chi connectivity index (χ0) is 26.9. The molecule has 2 N–H and O–H groups in total.